The number of carbonyl (C=O) groups excluding carboxylic acids is 1. The normalized spacial score (nSPS) is 23.8. The third kappa shape index (κ3) is 2.91. The number of likely N-dealkylation sites (tertiary alicyclic amines) is 1. The number of aliphatic carboxylic acids is 1. The number of piperidine rings is 1. The van der Waals surface area contributed by atoms with Crippen molar-refractivity contribution < 1.29 is 14.7 Å². The van der Waals surface area contributed by atoms with Crippen molar-refractivity contribution >= 4 is 12.0 Å². The summed E-state index contributed by atoms with van der Waals surface area (Å²) in [7, 11) is 0. The molecule has 2 N–H and O–H groups in total. The molecule has 5 heteroatoms. The van der Waals surface area contributed by atoms with Gasteiger partial charge in [0.1, 0.15) is 0 Å². The lowest BCUT2D eigenvalue weighted by Crippen LogP contribution is -2.52. The smallest absolute Gasteiger partial charge is 0.317 e. The quantitative estimate of drug-likeness (QED) is 0.832. The Morgan fingerprint density at radius 3 is 2.35 bits per heavy atom. The molecule has 2 aliphatic rings. The van der Waals surface area contributed by atoms with Crippen molar-refractivity contribution in [3.8, 4) is 0 Å². The molecule has 0 aromatic heterocycles. The van der Waals surface area contributed by atoms with Crippen molar-refractivity contribution in [2.75, 3.05) is 13.1 Å². The highest BCUT2D eigenvalue weighted by Crippen LogP contribution is 2.35. The maximum absolute atomic E-state index is 12.2. The summed E-state index contributed by atoms with van der Waals surface area (Å²) in [6.45, 7) is 5.08. The summed E-state index contributed by atoms with van der Waals surface area (Å²) in [6, 6.07) is 0.202. The number of carboxylic acids is 1. The minimum absolute atomic E-state index is 0.0282. The van der Waals surface area contributed by atoms with Gasteiger partial charge in [-0.1, -0.05) is 13.3 Å². The van der Waals surface area contributed by atoms with Crippen molar-refractivity contribution in [2.24, 2.45) is 11.3 Å². The van der Waals surface area contributed by atoms with Gasteiger partial charge < -0.3 is 15.3 Å². The fraction of sp³-hybridized carbons (Fsp3) is 0.867. The zero-order valence-corrected chi connectivity index (χ0v) is 12.5. The maximum Gasteiger partial charge on any atom is 0.317 e. The SMILES string of the molecule is CCC1(C(=O)O)CCN(C(=O)NC(C)C2CCC2)CC1. The van der Waals surface area contributed by atoms with Crippen LogP contribution in [0.2, 0.25) is 0 Å². The van der Waals surface area contributed by atoms with Gasteiger partial charge in [-0.15, -0.1) is 0 Å². The van der Waals surface area contributed by atoms with Crippen LogP contribution >= 0.6 is 0 Å². The summed E-state index contributed by atoms with van der Waals surface area (Å²) in [5, 5.41) is 12.4. The molecule has 2 amide bonds. The van der Waals surface area contributed by atoms with Gasteiger partial charge >= 0.3 is 12.0 Å². The van der Waals surface area contributed by atoms with Crippen molar-refractivity contribution in [1.29, 1.82) is 0 Å². The zero-order chi connectivity index (χ0) is 14.8. The second kappa shape index (κ2) is 6.02. The number of hydrogen-bond donors (Lipinski definition) is 2. The molecule has 0 radical (unpaired) electrons. The number of urea groups is 1. The number of nitrogens with one attached hydrogen (secondary N) is 1. The minimum Gasteiger partial charge on any atom is -0.481 e. The molecule has 1 aliphatic carbocycles. The van der Waals surface area contributed by atoms with Gasteiger partial charge in [-0.05, 0) is 44.9 Å². The van der Waals surface area contributed by atoms with E-state index in [-0.39, 0.29) is 12.1 Å². The Bertz CT molecular complexity index is 371. The van der Waals surface area contributed by atoms with Crippen molar-refractivity contribution in [3.05, 3.63) is 0 Å². The summed E-state index contributed by atoms with van der Waals surface area (Å²) in [4.78, 5) is 25.3. The lowest BCUT2D eigenvalue weighted by Gasteiger charge is -2.39. The first-order valence-corrected chi connectivity index (χ1v) is 7.77. The standard InChI is InChI=1S/C15H26N2O3/c1-3-15(13(18)19)7-9-17(10-8-15)14(20)16-11(2)12-5-4-6-12/h11-12H,3-10H2,1-2H3,(H,16,20)(H,18,19). The number of carbonyl (C=O) groups is 2. The van der Waals surface area contributed by atoms with Crippen LogP contribution in [0.3, 0.4) is 0 Å². The Morgan fingerprint density at radius 1 is 1.35 bits per heavy atom. The van der Waals surface area contributed by atoms with Gasteiger partial charge in [0, 0.05) is 19.1 Å². The molecule has 20 heavy (non-hydrogen) atoms. The van der Waals surface area contributed by atoms with Crippen LogP contribution in [0.15, 0.2) is 0 Å². The average molecular weight is 282 g/mol. The molecule has 0 bridgehead atoms. The summed E-state index contributed by atoms with van der Waals surface area (Å²) < 4.78 is 0. The van der Waals surface area contributed by atoms with Crippen molar-refractivity contribution in [2.45, 2.75) is 58.4 Å². The average Bonchev–Trinajstić information content (AvgIpc) is 2.36. The zero-order valence-electron chi connectivity index (χ0n) is 12.5. The number of amides is 2. The Kier molecular flexibility index (Phi) is 4.55. The van der Waals surface area contributed by atoms with Crippen LogP contribution in [0.5, 0.6) is 0 Å². The minimum atomic E-state index is -0.720. The van der Waals surface area contributed by atoms with E-state index >= 15 is 0 Å². The molecule has 5 nitrogen and oxygen atoms in total. The van der Waals surface area contributed by atoms with Gasteiger partial charge in [-0.3, -0.25) is 4.79 Å². The van der Waals surface area contributed by atoms with Crippen LogP contribution in [0.1, 0.15) is 52.4 Å². The molecule has 114 valence electrons. The first-order valence-electron chi connectivity index (χ1n) is 7.77. The molecule has 0 aromatic rings. The largest absolute Gasteiger partial charge is 0.481 e. The number of carboxylic acid groups (broad SMARTS) is 1. The molecule has 1 aliphatic heterocycles. The van der Waals surface area contributed by atoms with E-state index < -0.39 is 11.4 Å². The molecule has 2 rings (SSSR count). The molecule has 1 unspecified atom stereocenters. The van der Waals surface area contributed by atoms with E-state index in [4.69, 9.17) is 0 Å². The molecule has 0 spiro atoms. The van der Waals surface area contributed by atoms with Gasteiger partial charge in [-0.25, -0.2) is 4.79 Å². The summed E-state index contributed by atoms with van der Waals surface area (Å²) in [5.41, 5.74) is -0.629. The molecule has 1 saturated heterocycles. The van der Waals surface area contributed by atoms with E-state index in [1.165, 1.54) is 19.3 Å². The second-order valence-corrected chi connectivity index (χ2v) is 6.36. The van der Waals surface area contributed by atoms with Gasteiger partial charge in [-0.2, -0.15) is 0 Å². The van der Waals surface area contributed by atoms with Crippen LogP contribution in [-0.4, -0.2) is 41.1 Å². The highest BCUT2D eigenvalue weighted by atomic mass is 16.4. The molecule has 2 fully saturated rings. The van der Waals surface area contributed by atoms with Gasteiger partial charge in [0.2, 0.25) is 0 Å². The Balaban J connectivity index is 1.83. The van der Waals surface area contributed by atoms with Crippen LogP contribution in [-0.2, 0) is 4.79 Å². The first kappa shape index (κ1) is 15.1. The molecular formula is C15H26N2O3. The highest BCUT2D eigenvalue weighted by Gasteiger charge is 2.41. The third-order valence-corrected chi connectivity index (χ3v) is 5.35. The predicted molar refractivity (Wildman–Crippen MR) is 76.5 cm³/mol. The third-order valence-electron chi connectivity index (χ3n) is 5.35. The van der Waals surface area contributed by atoms with Gasteiger partial charge in [0.05, 0.1) is 5.41 Å². The van der Waals surface area contributed by atoms with E-state index in [9.17, 15) is 14.7 Å². The number of rotatable bonds is 4. The second-order valence-electron chi connectivity index (χ2n) is 6.36. The fourth-order valence-electron chi connectivity index (χ4n) is 3.20. The van der Waals surface area contributed by atoms with Crippen LogP contribution in [0.4, 0.5) is 4.79 Å². The van der Waals surface area contributed by atoms with Crippen molar-refractivity contribution in [1.82, 2.24) is 10.2 Å². The summed E-state index contributed by atoms with van der Waals surface area (Å²) >= 11 is 0. The fourth-order valence-corrected chi connectivity index (χ4v) is 3.20. The van der Waals surface area contributed by atoms with Gasteiger partial charge in [0.15, 0.2) is 0 Å². The summed E-state index contributed by atoms with van der Waals surface area (Å²) in [5.74, 6) is -0.0969. The Morgan fingerprint density at radius 2 is 1.95 bits per heavy atom. The Hall–Kier alpha value is -1.26. The topological polar surface area (TPSA) is 69.6 Å². The van der Waals surface area contributed by atoms with Crippen LogP contribution in [0, 0.1) is 11.3 Å². The predicted octanol–water partition coefficient (Wildman–Crippen LogP) is 2.46. The molecule has 1 saturated carbocycles. The molecule has 0 aromatic carbocycles. The monoisotopic (exact) mass is 282 g/mol. The molecule has 1 heterocycles. The van der Waals surface area contributed by atoms with Crippen LogP contribution < -0.4 is 5.32 Å². The maximum atomic E-state index is 12.2. The first-order chi connectivity index (χ1) is 9.48. The lowest BCUT2D eigenvalue weighted by molar-refractivity contribution is -0.151. The van der Waals surface area contributed by atoms with Gasteiger partial charge in [0.25, 0.3) is 0 Å². The van der Waals surface area contributed by atoms with E-state index in [1.807, 2.05) is 6.92 Å². The summed E-state index contributed by atoms with van der Waals surface area (Å²) in [6.07, 6.45) is 5.44. The number of hydrogen-bond acceptors (Lipinski definition) is 2. The van der Waals surface area contributed by atoms with E-state index in [2.05, 4.69) is 12.2 Å². The Labute approximate surface area is 120 Å². The van der Waals surface area contributed by atoms with E-state index in [1.54, 1.807) is 4.90 Å². The molecule has 1 atom stereocenters. The van der Waals surface area contributed by atoms with Crippen molar-refractivity contribution in [3.63, 3.8) is 0 Å². The number of nitrogens with zero attached hydrogens (tertiary/aromatic N) is 1. The van der Waals surface area contributed by atoms with E-state index in [0.29, 0.717) is 38.3 Å². The lowest BCUT2D eigenvalue weighted by atomic mass is 9.76. The molecular weight excluding hydrogens is 256 g/mol. The van der Waals surface area contributed by atoms with Crippen LogP contribution in [0.25, 0.3) is 0 Å². The highest BCUT2D eigenvalue weighted by molar-refractivity contribution is 5.77. The van der Waals surface area contributed by atoms with E-state index in [0.717, 1.165) is 0 Å².